The molecule has 0 amide bonds. The van der Waals surface area contributed by atoms with Crippen molar-refractivity contribution in [2.45, 2.75) is 51.2 Å². The molecule has 1 saturated carbocycles. The van der Waals surface area contributed by atoms with E-state index in [9.17, 15) is 4.79 Å². The molecule has 0 radical (unpaired) electrons. The molecule has 5 heteroatoms. The number of carbonyl (C=O) groups is 1. The van der Waals surface area contributed by atoms with Crippen LogP contribution < -0.4 is 0 Å². The second kappa shape index (κ2) is 9.73. The maximum absolute atomic E-state index is 12.1. The first-order chi connectivity index (χ1) is 11.2. The highest BCUT2D eigenvalue weighted by molar-refractivity contribution is 5.86. The minimum absolute atomic E-state index is 0.165. The summed E-state index contributed by atoms with van der Waals surface area (Å²) in [5.41, 5.74) is 0. The smallest absolute Gasteiger partial charge is 0.373 e. The number of unbranched alkanes of at least 4 members (excludes halogenated alkanes) is 1. The van der Waals surface area contributed by atoms with Crippen LogP contribution in [-0.2, 0) is 19.0 Å². The molecule has 1 aliphatic carbocycles. The molecular formula is C18H28O5. The van der Waals surface area contributed by atoms with E-state index >= 15 is 0 Å². The summed E-state index contributed by atoms with van der Waals surface area (Å²) in [6, 6.07) is 0. The fourth-order valence-electron chi connectivity index (χ4n) is 3.28. The summed E-state index contributed by atoms with van der Waals surface area (Å²) < 4.78 is 16.5. The van der Waals surface area contributed by atoms with Gasteiger partial charge in [0.25, 0.3) is 0 Å². The van der Waals surface area contributed by atoms with Crippen LogP contribution in [0.2, 0.25) is 0 Å². The Morgan fingerprint density at radius 1 is 1.39 bits per heavy atom. The molecule has 1 heterocycles. The van der Waals surface area contributed by atoms with E-state index in [-0.39, 0.29) is 19.0 Å². The quantitative estimate of drug-likeness (QED) is 0.401. The number of allylic oxidation sites excluding steroid dienone is 1. The van der Waals surface area contributed by atoms with Crippen molar-refractivity contribution in [1.29, 1.82) is 0 Å². The summed E-state index contributed by atoms with van der Waals surface area (Å²) in [5, 5.41) is 8.82. The molecule has 2 rings (SSSR count). The second-order valence-corrected chi connectivity index (χ2v) is 6.21. The van der Waals surface area contributed by atoms with E-state index in [1.807, 2.05) is 6.08 Å². The summed E-state index contributed by atoms with van der Waals surface area (Å²) in [4.78, 5) is 12.1. The molecule has 0 aromatic carbocycles. The van der Waals surface area contributed by atoms with Crippen molar-refractivity contribution < 1.29 is 24.1 Å². The predicted molar refractivity (Wildman–Crippen MR) is 86.4 cm³/mol. The van der Waals surface area contributed by atoms with Crippen molar-refractivity contribution in [2.24, 2.45) is 11.8 Å². The van der Waals surface area contributed by atoms with E-state index in [1.54, 1.807) is 6.08 Å². The zero-order valence-corrected chi connectivity index (χ0v) is 13.7. The number of hydrogen-bond acceptors (Lipinski definition) is 5. The van der Waals surface area contributed by atoms with Gasteiger partial charge in [0.2, 0.25) is 12.0 Å². The van der Waals surface area contributed by atoms with Crippen molar-refractivity contribution in [2.75, 3.05) is 19.8 Å². The Bertz CT molecular complexity index is 412. The van der Waals surface area contributed by atoms with Crippen LogP contribution in [0.5, 0.6) is 0 Å². The number of hydrogen-bond donors (Lipinski definition) is 1. The molecule has 1 fully saturated rings. The van der Waals surface area contributed by atoms with Crippen LogP contribution in [0.1, 0.15) is 44.9 Å². The van der Waals surface area contributed by atoms with Crippen LogP contribution in [0.3, 0.4) is 0 Å². The molecular weight excluding hydrogens is 296 g/mol. The fraction of sp³-hybridized carbons (Fsp3) is 0.722. The normalized spacial score (nSPS) is 24.8. The first kappa shape index (κ1) is 18.0. The SMILES string of the molecule is C=CCOC(=O)C1=C[C@H](C2CCCC2)C[C@H](OCCCCO)O1. The third-order valence-corrected chi connectivity index (χ3v) is 4.48. The number of rotatable bonds is 9. The molecule has 0 bridgehead atoms. The number of ether oxygens (including phenoxy) is 3. The first-order valence-corrected chi connectivity index (χ1v) is 8.63. The van der Waals surface area contributed by atoms with Crippen LogP contribution in [0.4, 0.5) is 0 Å². The van der Waals surface area contributed by atoms with Gasteiger partial charge < -0.3 is 19.3 Å². The molecule has 0 aromatic rings. The van der Waals surface area contributed by atoms with Crippen molar-refractivity contribution in [3.05, 3.63) is 24.5 Å². The summed E-state index contributed by atoms with van der Waals surface area (Å²) >= 11 is 0. The maximum Gasteiger partial charge on any atom is 0.373 e. The molecule has 0 saturated heterocycles. The van der Waals surface area contributed by atoms with E-state index in [1.165, 1.54) is 25.7 Å². The topological polar surface area (TPSA) is 65.0 Å². The van der Waals surface area contributed by atoms with Gasteiger partial charge in [-0.1, -0.05) is 25.5 Å². The molecule has 1 N–H and O–H groups in total. The zero-order valence-electron chi connectivity index (χ0n) is 13.7. The minimum Gasteiger partial charge on any atom is -0.458 e. The molecule has 2 atom stereocenters. The predicted octanol–water partition coefficient (Wildman–Crippen LogP) is 2.94. The summed E-state index contributed by atoms with van der Waals surface area (Å²) in [7, 11) is 0. The van der Waals surface area contributed by atoms with Crippen LogP contribution in [0, 0.1) is 11.8 Å². The third kappa shape index (κ3) is 5.66. The Morgan fingerprint density at radius 2 is 2.17 bits per heavy atom. The van der Waals surface area contributed by atoms with Gasteiger partial charge in [-0.2, -0.15) is 0 Å². The van der Waals surface area contributed by atoms with E-state index in [2.05, 4.69) is 6.58 Å². The van der Waals surface area contributed by atoms with Crippen LogP contribution in [0.15, 0.2) is 24.5 Å². The van der Waals surface area contributed by atoms with Gasteiger partial charge in [0.1, 0.15) is 6.61 Å². The zero-order chi connectivity index (χ0) is 16.5. The van der Waals surface area contributed by atoms with Crippen LogP contribution in [0.25, 0.3) is 0 Å². The Kier molecular flexibility index (Phi) is 7.62. The van der Waals surface area contributed by atoms with Crippen molar-refractivity contribution >= 4 is 5.97 Å². The Morgan fingerprint density at radius 3 is 2.87 bits per heavy atom. The number of aliphatic hydroxyl groups is 1. The van der Waals surface area contributed by atoms with Gasteiger partial charge in [0, 0.05) is 13.0 Å². The van der Waals surface area contributed by atoms with Gasteiger partial charge in [-0.05, 0) is 43.6 Å². The lowest BCUT2D eigenvalue weighted by atomic mass is 9.86. The molecule has 23 heavy (non-hydrogen) atoms. The van der Waals surface area contributed by atoms with E-state index in [4.69, 9.17) is 19.3 Å². The minimum atomic E-state index is -0.448. The molecule has 2 aliphatic rings. The van der Waals surface area contributed by atoms with Crippen molar-refractivity contribution in [3.63, 3.8) is 0 Å². The van der Waals surface area contributed by atoms with E-state index in [0.29, 0.717) is 24.9 Å². The number of esters is 1. The average Bonchev–Trinajstić information content (AvgIpc) is 3.11. The third-order valence-electron chi connectivity index (χ3n) is 4.48. The van der Waals surface area contributed by atoms with E-state index in [0.717, 1.165) is 12.8 Å². The molecule has 0 spiro atoms. The van der Waals surface area contributed by atoms with Gasteiger partial charge in [0.05, 0.1) is 6.61 Å². The van der Waals surface area contributed by atoms with Gasteiger partial charge >= 0.3 is 5.97 Å². The van der Waals surface area contributed by atoms with Gasteiger partial charge in [-0.25, -0.2) is 4.79 Å². The number of carbonyl (C=O) groups excluding carboxylic acids is 1. The van der Waals surface area contributed by atoms with Crippen LogP contribution in [-0.4, -0.2) is 37.2 Å². The van der Waals surface area contributed by atoms with Crippen molar-refractivity contribution in [3.8, 4) is 0 Å². The lowest BCUT2D eigenvalue weighted by Gasteiger charge is -2.31. The first-order valence-electron chi connectivity index (χ1n) is 8.63. The van der Waals surface area contributed by atoms with Gasteiger partial charge in [-0.15, -0.1) is 0 Å². The Labute approximate surface area is 138 Å². The lowest BCUT2D eigenvalue weighted by Crippen LogP contribution is -2.31. The number of aliphatic hydroxyl groups excluding tert-OH is 1. The van der Waals surface area contributed by atoms with E-state index < -0.39 is 12.3 Å². The molecule has 130 valence electrons. The summed E-state index contributed by atoms with van der Waals surface area (Å²) in [5.74, 6) is 0.726. The standard InChI is InChI=1S/C18H28O5/c1-2-10-22-18(20)16-12-15(14-7-3-4-8-14)13-17(23-16)21-11-6-5-9-19/h2,12,14-15,17,19H,1,3-11,13H2/t15-,17+/m0/s1. The largest absolute Gasteiger partial charge is 0.458 e. The molecule has 5 nitrogen and oxygen atoms in total. The fourth-order valence-corrected chi connectivity index (χ4v) is 3.28. The highest BCUT2D eigenvalue weighted by atomic mass is 16.7. The highest BCUT2D eigenvalue weighted by Gasteiger charge is 2.33. The molecule has 1 aliphatic heterocycles. The lowest BCUT2D eigenvalue weighted by molar-refractivity contribution is -0.164. The molecule has 0 aromatic heterocycles. The summed E-state index contributed by atoms with van der Waals surface area (Å²) in [6.45, 7) is 4.41. The highest BCUT2D eigenvalue weighted by Crippen LogP contribution is 2.38. The van der Waals surface area contributed by atoms with Crippen LogP contribution >= 0.6 is 0 Å². The second-order valence-electron chi connectivity index (χ2n) is 6.21. The van der Waals surface area contributed by atoms with Gasteiger partial charge in [0.15, 0.2) is 0 Å². The Balaban J connectivity index is 1.96. The Hall–Kier alpha value is -1.33. The van der Waals surface area contributed by atoms with Gasteiger partial charge in [-0.3, -0.25) is 0 Å². The maximum atomic E-state index is 12.1. The monoisotopic (exact) mass is 324 g/mol. The molecule has 0 unspecified atom stereocenters. The van der Waals surface area contributed by atoms with Crippen molar-refractivity contribution in [1.82, 2.24) is 0 Å². The summed E-state index contributed by atoms with van der Waals surface area (Å²) in [6.07, 6.45) is 10.3. The average molecular weight is 324 g/mol.